The number of nitrogens with two attached hydrogens (primary N) is 1. The molecule has 2 heterocycles. The Balaban J connectivity index is 1.56. The molecule has 3 N–H and O–H groups in total. The third kappa shape index (κ3) is 3.36. The predicted octanol–water partition coefficient (Wildman–Crippen LogP) is 3.27. The maximum absolute atomic E-state index is 13.2. The van der Waals surface area contributed by atoms with E-state index in [1.165, 1.54) is 18.3 Å². The molecule has 0 aliphatic heterocycles. The van der Waals surface area contributed by atoms with E-state index >= 15 is 0 Å². The number of amides is 1. The number of primary amides is 1. The number of carbonyl (C=O) groups is 1. The van der Waals surface area contributed by atoms with Crippen LogP contribution in [-0.2, 0) is 5.54 Å². The fourth-order valence-corrected chi connectivity index (χ4v) is 3.31. The van der Waals surface area contributed by atoms with Crippen LogP contribution in [0.5, 0.6) is 0 Å². The molecule has 27 heavy (non-hydrogen) atoms. The van der Waals surface area contributed by atoms with Gasteiger partial charge in [-0.25, -0.2) is 4.39 Å². The van der Waals surface area contributed by atoms with Gasteiger partial charge in [0.15, 0.2) is 0 Å². The lowest BCUT2D eigenvalue weighted by atomic mass is 9.72. The number of halogens is 1. The van der Waals surface area contributed by atoms with Gasteiger partial charge >= 0.3 is 0 Å². The van der Waals surface area contributed by atoms with Crippen molar-refractivity contribution in [1.82, 2.24) is 15.2 Å². The number of anilines is 1. The molecule has 0 radical (unpaired) electrons. The first-order valence-corrected chi connectivity index (χ1v) is 8.70. The minimum atomic E-state index is -0.589. The summed E-state index contributed by atoms with van der Waals surface area (Å²) in [6, 6.07) is 13.6. The van der Waals surface area contributed by atoms with Crippen LogP contribution in [0.2, 0.25) is 0 Å². The van der Waals surface area contributed by atoms with Gasteiger partial charge in [0.25, 0.3) is 5.91 Å². The quantitative estimate of drug-likeness (QED) is 0.726. The van der Waals surface area contributed by atoms with Crippen LogP contribution >= 0.6 is 0 Å². The Morgan fingerprint density at radius 1 is 1.07 bits per heavy atom. The van der Waals surface area contributed by atoms with Gasteiger partial charge < -0.3 is 11.1 Å². The highest BCUT2D eigenvalue weighted by atomic mass is 19.1. The lowest BCUT2D eigenvalue weighted by Crippen LogP contribution is -2.42. The summed E-state index contributed by atoms with van der Waals surface area (Å²) in [6.07, 6.45) is 4.52. The van der Waals surface area contributed by atoms with Crippen molar-refractivity contribution in [1.29, 1.82) is 0 Å². The summed E-state index contributed by atoms with van der Waals surface area (Å²) in [5.74, 6) is -0.189. The average Bonchev–Trinajstić information content (AvgIpc) is 2.66. The zero-order valence-electron chi connectivity index (χ0n) is 14.5. The molecular weight excluding hydrogens is 345 g/mol. The number of aromatic nitrogens is 3. The molecule has 1 fully saturated rings. The Bertz CT molecular complexity index is 968. The number of rotatable bonds is 5. The SMILES string of the molecule is NC(=O)c1cc(-c2ccc(NC3(c4ccc(F)cc4)CCC3)nn2)ccn1. The van der Waals surface area contributed by atoms with E-state index in [0.717, 1.165) is 30.4 Å². The second-order valence-electron chi connectivity index (χ2n) is 6.67. The fourth-order valence-electron chi connectivity index (χ4n) is 3.31. The highest BCUT2D eigenvalue weighted by Gasteiger charge is 2.39. The Hall–Kier alpha value is -3.35. The average molecular weight is 363 g/mol. The minimum Gasteiger partial charge on any atom is -0.364 e. The largest absolute Gasteiger partial charge is 0.364 e. The van der Waals surface area contributed by atoms with Crippen molar-refractivity contribution < 1.29 is 9.18 Å². The monoisotopic (exact) mass is 363 g/mol. The van der Waals surface area contributed by atoms with Crippen molar-refractivity contribution in [2.75, 3.05) is 5.32 Å². The van der Waals surface area contributed by atoms with Crippen LogP contribution in [0.15, 0.2) is 54.7 Å². The number of nitrogens with one attached hydrogen (secondary N) is 1. The standard InChI is InChI=1S/C20H18FN5O/c21-15-4-2-14(3-5-15)20(9-1-10-20)24-18-7-6-16(25-26-18)13-8-11-23-17(12-13)19(22)27/h2-8,11-12H,1,9-10H2,(H2,22,27)(H,24,26). The van der Waals surface area contributed by atoms with E-state index in [9.17, 15) is 9.18 Å². The van der Waals surface area contributed by atoms with Gasteiger partial charge in [-0.3, -0.25) is 9.78 Å². The van der Waals surface area contributed by atoms with Crippen molar-refractivity contribution in [3.05, 3.63) is 71.8 Å². The molecule has 1 aliphatic rings. The Morgan fingerprint density at radius 3 is 2.44 bits per heavy atom. The number of hydrogen-bond acceptors (Lipinski definition) is 5. The molecule has 0 bridgehead atoms. The molecule has 6 nitrogen and oxygen atoms in total. The number of carbonyl (C=O) groups excluding carboxylic acids is 1. The normalized spacial score (nSPS) is 15.0. The molecule has 2 aromatic heterocycles. The van der Waals surface area contributed by atoms with Gasteiger partial charge in [0.2, 0.25) is 0 Å². The lowest BCUT2D eigenvalue weighted by molar-refractivity contribution is 0.0995. The van der Waals surface area contributed by atoms with E-state index in [4.69, 9.17) is 5.73 Å². The molecule has 136 valence electrons. The molecule has 1 saturated carbocycles. The van der Waals surface area contributed by atoms with Crippen molar-refractivity contribution in [3.8, 4) is 11.3 Å². The molecule has 0 spiro atoms. The van der Waals surface area contributed by atoms with Crippen LogP contribution < -0.4 is 11.1 Å². The van der Waals surface area contributed by atoms with Crippen LogP contribution in [0.1, 0.15) is 35.3 Å². The van der Waals surface area contributed by atoms with Crippen LogP contribution in [-0.4, -0.2) is 21.1 Å². The molecule has 0 atom stereocenters. The van der Waals surface area contributed by atoms with E-state index < -0.39 is 5.91 Å². The summed E-state index contributed by atoms with van der Waals surface area (Å²) < 4.78 is 13.2. The molecular formula is C20H18FN5O. The van der Waals surface area contributed by atoms with Gasteiger partial charge in [0.05, 0.1) is 11.2 Å². The van der Waals surface area contributed by atoms with Gasteiger partial charge in [0, 0.05) is 11.8 Å². The first-order chi connectivity index (χ1) is 13.1. The van der Waals surface area contributed by atoms with Crippen LogP contribution in [0.25, 0.3) is 11.3 Å². The topological polar surface area (TPSA) is 93.8 Å². The summed E-state index contributed by atoms with van der Waals surface area (Å²) in [5.41, 5.74) is 7.60. The molecule has 4 rings (SSSR count). The number of pyridine rings is 1. The van der Waals surface area contributed by atoms with Crippen molar-refractivity contribution in [3.63, 3.8) is 0 Å². The van der Waals surface area contributed by atoms with Crippen LogP contribution in [0, 0.1) is 5.82 Å². The molecule has 1 aromatic carbocycles. The molecule has 1 aliphatic carbocycles. The maximum Gasteiger partial charge on any atom is 0.267 e. The zero-order valence-corrected chi connectivity index (χ0v) is 14.5. The van der Waals surface area contributed by atoms with Gasteiger partial charge in [-0.1, -0.05) is 12.1 Å². The smallest absolute Gasteiger partial charge is 0.267 e. The van der Waals surface area contributed by atoms with Gasteiger partial charge in [-0.2, -0.15) is 0 Å². The Kier molecular flexibility index (Phi) is 4.27. The van der Waals surface area contributed by atoms with E-state index in [2.05, 4.69) is 20.5 Å². The van der Waals surface area contributed by atoms with E-state index in [1.54, 1.807) is 12.1 Å². The molecule has 0 saturated heterocycles. The Morgan fingerprint density at radius 2 is 1.85 bits per heavy atom. The third-order valence-electron chi connectivity index (χ3n) is 4.94. The molecule has 3 aromatic rings. The van der Waals surface area contributed by atoms with Crippen LogP contribution in [0.3, 0.4) is 0 Å². The summed E-state index contributed by atoms with van der Waals surface area (Å²) in [6.45, 7) is 0. The first kappa shape index (κ1) is 17.1. The van der Waals surface area contributed by atoms with Crippen molar-refractivity contribution in [2.24, 2.45) is 5.73 Å². The fraction of sp³-hybridized carbons (Fsp3) is 0.200. The number of nitrogens with zero attached hydrogens (tertiary/aromatic N) is 3. The summed E-state index contributed by atoms with van der Waals surface area (Å²) >= 11 is 0. The van der Waals surface area contributed by atoms with Crippen molar-refractivity contribution >= 4 is 11.7 Å². The summed E-state index contributed by atoms with van der Waals surface area (Å²) in [5, 5.41) is 12.0. The van der Waals surface area contributed by atoms with Crippen LogP contribution in [0.4, 0.5) is 10.2 Å². The van der Waals surface area contributed by atoms with Gasteiger partial charge in [-0.15, -0.1) is 10.2 Å². The maximum atomic E-state index is 13.2. The van der Waals surface area contributed by atoms with E-state index in [-0.39, 0.29) is 17.1 Å². The molecule has 0 unspecified atom stereocenters. The minimum absolute atomic E-state index is 0.182. The molecule has 7 heteroatoms. The Labute approximate surface area is 155 Å². The van der Waals surface area contributed by atoms with E-state index in [1.807, 2.05) is 24.3 Å². The highest BCUT2D eigenvalue weighted by Crippen LogP contribution is 2.43. The van der Waals surface area contributed by atoms with E-state index in [0.29, 0.717) is 11.5 Å². The highest BCUT2D eigenvalue weighted by molar-refractivity contribution is 5.91. The summed E-state index contributed by atoms with van der Waals surface area (Å²) in [4.78, 5) is 15.2. The third-order valence-corrected chi connectivity index (χ3v) is 4.94. The van der Waals surface area contributed by atoms with Crippen molar-refractivity contribution in [2.45, 2.75) is 24.8 Å². The zero-order chi connectivity index (χ0) is 18.9. The second kappa shape index (κ2) is 6.75. The van der Waals surface area contributed by atoms with Gasteiger partial charge in [0.1, 0.15) is 17.3 Å². The van der Waals surface area contributed by atoms with Gasteiger partial charge in [-0.05, 0) is 61.2 Å². The number of benzene rings is 1. The second-order valence-corrected chi connectivity index (χ2v) is 6.67. The first-order valence-electron chi connectivity index (χ1n) is 8.70. The predicted molar refractivity (Wildman–Crippen MR) is 99.3 cm³/mol. The number of hydrogen-bond donors (Lipinski definition) is 2. The molecule has 1 amide bonds. The summed E-state index contributed by atoms with van der Waals surface area (Å²) in [7, 11) is 0. The lowest BCUT2D eigenvalue weighted by Gasteiger charge is -2.43.